The normalized spacial score (nSPS) is 23.2. The van der Waals surface area contributed by atoms with E-state index in [-0.39, 0.29) is 25.1 Å². The average Bonchev–Trinajstić information content (AvgIpc) is 4.04. The monoisotopic (exact) mass is 733 g/mol. The number of carbonyl (C=O) groups is 4. The molecule has 0 bridgehead atoms. The number of methoxy groups -OCH3 is 1. The molecule has 0 spiro atoms. The van der Waals surface area contributed by atoms with Crippen LogP contribution in [0.3, 0.4) is 0 Å². The van der Waals surface area contributed by atoms with Gasteiger partial charge in [0, 0.05) is 23.9 Å². The molecule has 5 atom stereocenters. The van der Waals surface area contributed by atoms with E-state index >= 15 is 0 Å². The zero-order valence-electron chi connectivity index (χ0n) is 29.5. The van der Waals surface area contributed by atoms with Crippen molar-refractivity contribution in [3.63, 3.8) is 0 Å². The number of benzene rings is 2. The summed E-state index contributed by atoms with van der Waals surface area (Å²) in [6.07, 6.45) is 2.57. The number of hydrogen-bond donors (Lipinski definition) is 3. The fraction of sp³-hybridized carbons (Fsp3) is 0.432. The number of ether oxygens (including phenoxy) is 3. The molecule has 2 saturated carbocycles. The Kier molecular flexibility index (Phi) is 9.92. The first-order valence-corrected chi connectivity index (χ1v) is 18.6. The summed E-state index contributed by atoms with van der Waals surface area (Å²) >= 11 is 0. The fourth-order valence-electron chi connectivity index (χ4n) is 6.45. The molecule has 1 aromatic heterocycles. The largest absolute Gasteiger partial charge is 0.497 e. The van der Waals surface area contributed by atoms with Crippen molar-refractivity contribution >= 4 is 44.6 Å². The first-order chi connectivity index (χ1) is 24.6. The molecule has 3 aromatic rings. The molecule has 2 aliphatic carbocycles. The molecule has 1 aliphatic heterocycles. The SMILES string of the molecule is C=C[C@@H]1C[C@]1(NC(=O)[C@@H]1C[C@@H](Oc2nccc3ccccc23)CN1C(=O)[C@@H](NC(=O)Oc1ccc(OC)cc1)C(C)(C)C)C(=O)NS(=O)(=O)C1CC1. The second-order valence-electron chi connectivity index (χ2n) is 14.5. The molecule has 2 aromatic carbocycles. The second kappa shape index (κ2) is 14.1. The van der Waals surface area contributed by atoms with Crippen molar-refractivity contribution in [1.82, 2.24) is 25.2 Å². The van der Waals surface area contributed by atoms with E-state index in [1.165, 1.54) is 18.1 Å². The number of carbonyl (C=O) groups excluding carboxylic acids is 4. The molecule has 0 radical (unpaired) electrons. The molecule has 3 aliphatic rings. The molecule has 3 fully saturated rings. The van der Waals surface area contributed by atoms with E-state index in [9.17, 15) is 27.6 Å². The van der Waals surface area contributed by atoms with Gasteiger partial charge in [-0.3, -0.25) is 19.1 Å². The Hall–Kier alpha value is -5.18. The van der Waals surface area contributed by atoms with Gasteiger partial charge >= 0.3 is 6.09 Å². The molecule has 0 unspecified atom stereocenters. The first-order valence-electron chi connectivity index (χ1n) is 17.1. The third-order valence-electron chi connectivity index (χ3n) is 9.66. The van der Waals surface area contributed by atoms with Gasteiger partial charge in [-0.25, -0.2) is 18.2 Å². The Morgan fingerprint density at radius 1 is 1.04 bits per heavy atom. The van der Waals surface area contributed by atoms with Crippen LogP contribution in [0.2, 0.25) is 0 Å². The third kappa shape index (κ3) is 7.69. The number of pyridine rings is 1. The Labute approximate surface area is 302 Å². The number of likely N-dealkylation sites (tertiary alicyclic amines) is 1. The molecule has 4 amide bonds. The average molecular weight is 734 g/mol. The number of rotatable bonds is 12. The van der Waals surface area contributed by atoms with Gasteiger partial charge in [-0.1, -0.05) is 45.0 Å². The third-order valence-corrected chi connectivity index (χ3v) is 11.5. The highest BCUT2D eigenvalue weighted by Crippen LogP contribution is 2.45. The van der Waals surface area contributed by atoms with E-state index in [1.54, 1.807) is 51.2 Å². The number of nitrogens with one attached hydrogen (secondary N) is 3. The summed E-state index contributed by atoms with van der Waals surface area (Å²) in [4.78, 5) is 61.1. The van der Waals surface area contributed by atoms with Gasteiger partial charge in [0.2, 0.25) is 27.7 Å². The lowest BCUT2D eigenvalue weighted by Gasteiger charge is -2.35. The summed E-state index contributed by atoms with van der Waals surface area (Å²) in [5.41, 5.74) is -2.41. The van der Waals surface area contributed by atoms with Crippen molar-refractivity contribution in [2.75, 3.05) is 13.7 Å². The molecule has 52 heavy (non-hydrogen) atoms. The minimum absolute atomic E-state index is 0.0203. The van der Waals surface area contributed by atoms with Gasteiger partial charge in [-0.05, 0) is 66.5 Å². The van der Waals surface area contributed by atoms with E-state index in [0.29, 0.717) is 24.5 Å². The van der Waals surface area contributed by atoms with Crippen LogP contribution < -0.4 is 29.6 Å². The summed E-state index contributed by atoms with van der Waals surface area (Å²) in [5.74, 6) is -1.53. The molecule has 276 valence electrons. The van der Waals surface area contributed by atoms with Gasteiger partial charge < -0.3 is 29.7 Å². The highest BCUT2D eigenvalue weighted by Gasteiger charge is 2.62. The minimum Gasteiger partial charge on any atom is -0.497 e. The van der Waals surface area contributed by atoms with Gasteiger partial charge in [0.1, 0.15) is 35.2 Å². The van der Waals surface area contributed by atoms with Crippen LogP contribution in [0.15, 0.2) is 73.4 Å². The summed E-state index contributed by atoms with van der Waals surface area (Å²) in [6.45, 7) is 9.00. The van der Waals surface area contributed by atoms with Crippen LogP contribution in [0.25, 0.3) is 10.8 Å². The number of fused-ring (bicyclic) bond motifs is 1. The predicted octanol–water partition coefficient (Wildman–Crippen LogP) is 3.46. The maximum absolute atomic E-state index is 14.5. The van der Waals surface area contributed by atoms with Crippen molar-refractivity contribution in [3.8, 4) is 17.4 Å². The van der Waals surface area contributed by atoms with Crippen LogP contribution >= 0.6 is 0 Å². The van der Waals surface area contributed by atoms with Crippen molar-refractivity contribution in [3.05, 3.63) is 73.4 Å². The Bertz CT molecular complexity index is 1990. The number of amides is 4. The minimum atomic E-state index is -3.90. The summed E-state index contributed by atoms with van der Waals surface area (Å²) < 4.78 is 44.5. The number of nitrogens with zero attached hydrogens (tertiary/aromatic N) is 2. The lowest BCUT2D eigenvalue weighted by atomic mass is 9.85. The van der Waals surface area contributed by atoms with Crippen LogP contribution in [0, 0.1) is 11.3 Å². The first kappa shape index (κ1) is 36.6. The van der Waals surface area contributed by atoms with Gasteiger partial charge in [-0.2, -0.15) is 0 Å². The Morgan fingerprint density at radius 3 is 2.37 bits per heavy atom. The van der Waals surface area contributed by atoms with Gasteiger partial charge in [-0.15, -0.1) is 6.58 Å². The number of hydrogen-bond acceptors (Lipinski definition) is 10. The highest BCUT2D eigenvalue weighted by atomic mass is 32.2. The van der Waals surface area contributed by atoms with Crippen molar-refractivity contribution < 1.29 is 41.8 Å². The Morgan fingerprint density at radius 2 is 1.73 bits per heavy atom. The molecule has 6 rings (SSSR count). The van der Waals surface area contributed by atoms with Crippen molar-refractivity contribution in [2.24, 2.45) is 11.3 Å². The van der Waals surface area contributed by atoms with Gasteiger partial charge in [0.05, 0.1) is 18.9 Å². The molecular formula is C37H43N5O9S. The summed E-state index contributed by atoms with van der Waals surface area (Å²) in [6, 6.07) is 13.4. The van der Waals surface area contributed by atoms with Gasteiger partial charge in [0.25, 0.3) is 5.91 Å². The van der Waals surface area contributed by atoms with Crippen LogP contribution in [-0.2, 0) is 24.4 Å². The molecule has 1 saturated heterocycles. The quantitative estimate of drug-likeness (QED) is 0.233. The lowest BCUT2D eigenvalue weighted by Crippen LogP contribution is -2.60. The molecule has 2 heterocycles. The number of sulfonamides is 1. The smallest absolute Gasteiger partial charge is 0.413 e. The van der Waals surface area contributed by atoms with Crippen LogP contribution in [0.4, 0.5) is 4.79 Å². The van der Waals surface area contributed by atoms with E-state index in [1.807, 2.05) is 30.3 Å². The van der Waals surface area contributed by atoms with Crippen LogP contribution in [0.5, 0.6) is 17.4 Å². The summed E-state index contributed by atoms with van der Waals surface area (Å²) in [5, 5.41) is 6.44. The standard InChI is InChI=1S/C37H43N5O9S/c1-6-23-20-37(23,34(45)41-52(47,48)27-15-16-27)40-31(43)29-19-26(50-32-28-10-8-7-9-22(28)17-18-38-32)21-42(29)33(44)30(36(2,3)4)39-35(46)51-25-13-11-24(49-5)12-14-25/h6-14,17-18,23,26-27,29-30H,1,15-16,19-21H2,2-5H3,(H,39,46)(H,40,43)(H,41,45)/t23-,26-,29+,30-,37-/m1/s1. The topological polar surface area (TPSA) is 182 Å². The molecule has 14 nitrogen and oxygen atoms in total. The summed E-state index contributed by atoms with van der Waals surface area (Å²) in [7, 11) is -2.39. The lowest BCUT2D eigenvalue weighted by molar-refractivity contribution is -0.142. The van der Waals surface area contributed by atoms with Crippen LogP contribution in [0.1, 0.15) is 46.5 Å². The van der Waals surface area contributed by atoms with E-state index in [2.05, 4.69) is 26.9 Å². The molecule has 15 heteroatoms. The predicted molar refractivity (Wildman–Crippen MR) is 191 cm³/mol. The van der Waals surface area contributed by atoms with Crippen molar-refractivity contribution in [2.45, 2.75) is 75.4 Å². The zero-order valence-corrected chi connectivity index (χ0v) is 30.3. The second-order valence-corrected chi connectivity index (χ2v) is 16.5. The van der Waals surface area contributed by atoms with E-state index in [4.69, 9.17) is 14.2 Å². The van der Waals surface area contributed by atoms with E-state index < -0.39 is 74.1 Å². The van der Waals surface area contributed by atoms with E-state index in [0.717, 1.165) is 10.8 Å². The maximum Gasteiger partial charge on any atom is 0.413 e. The number of aromatic nitrogens is 1. The van der Waals surface area contributed by atoms with Gasteiger partial charge in [0.15, 0.2) is 0 Å². The van der Waals surface area contributed by atoms with Crippen LogP contribution in [-0.4, -0.2) is 84.7 Å². The zero-order chi connectivity index (χ0) is 37.4. The Balaban J connectivity index is 1.26. The molecule has 3 N–H and O–H groups in total. The van der Waals surface area contributed by atoms with Crippen molar-refractivity contribution in [1.29, 1.82) is 0 Å². The highest BCUT2D eigenvalue weighted by molar-refractivity contribution is 7.91. The fourth-order valence-corrected chi connectivity index (χ4v) is 7.81. The maximum atomic E-state index is 14.5. The molecular weight excluding hydrogens is 691 g/mol.